The molecule has 2 aromatic rings. The van der Waals surface area contributed by atoms with E-state index in [9.17, 15) is 12.8 Å². The Hall–Kier alpha value is -1.76. The molecule has 0 saturated carbocycles. The normalized spacial score (nSPS) is 15.7. The van der Waals surface area contributed by atoms with Gasteiger partial charge in [-0.2, -0.15) is 0 Å². The molecule has 0 amide bonds. The van der Waals surface area contributed by atoms with Crippen LogP contribution >= 0.6 is 0 Å². The van der Waals surface area contributed by atoms with E-state index in [1.165, 1.54) is 30.5 Å². The summed E-state index contributed by atoms with van der Waals surface area (Å²) in [6, 6.07) is 12.8. The zero-order valence-corrected chi connectivity index (χ0v) is 14.2. The second-order valence-corrected chi connectivity index (χ2v) is 7.85. The predicted molar refractivity (Wildman–Crippen MR) is 91.4 cm³/mol. The van der Waals surface area contributed by atoms with E-state index in [-0.39, 0.29) is 11.4 Å². The molecule has 24 heavy (non-hydrogen) atoms. The SMILES string of the molecule is O=S(=O)(NCc1cccc(CN2CCCC2)c1)c1ccc(F)cc1. The molecule has 1 saturated heterocycles. The highest BCUT2D eigenvalue weighted by atomic mass is 32.2. The fourth-order valence-corrected chi connectivity index (χ4v) is 3.93. The van der Waals surface area contributed by atoms with Crippen molar-refractivity contribution in [2.24, 2.45) is 0 Å². The van der Waals surface area contributed by atoms with Crippen molar-refractivity contribution in [1.29, 1.82) is 0 Å². The lowest BCUT2D eigenvalue weighted by Gasteiger charge is -2.15. The molecule has 1 aliphatic rings. The Morgan fingerprint density at radius 2 is 1.67 bits per heavy atom. The summed E-state index contributed by atoms with van der Waals surface area (Å²) in [4.78, 5) is 2.47. The number of hydrogen-bond acceptors (Lipinski definition) is 3. The largest absolute Gasteiger partial charge is 0.299 e. The Labute approximate surface area is 142 Å². The maximum absolute atomic E-state index is 12.9. The van der Waals surface area contributed by atoms with Gasteiger partial charge in [0.25, 0.3) is 0 Å². The topological polar surface area (TPSA) is 49.4 Å². The molecular weight excluding hydrogens is 327 g/mol. The third kappa shape index (κ3) is 4.41. The van der Waals surface area contributed by atoms with Crippen LogP contribution in [0.3, 0.4) is 0 Å². The molecule has 2 aromatic carbocycles. The second kappa shape index (κ2) is 7.42. The van der Waals surface area contributed by atoms with E-state index in [0.717, 1.165) is 37.3 Å². The van der Waals surface area contributed by atoms with Crippen LogP contribution in [-0.2, 0) is 23.1 Å². The summed E-state index contributed by atoms with van der Waals surface area (Å²) in [5.74, 6) is -0.455. The number of nitrogens with zero attached hydrogens (tertiary/aromatic N) is 1. The van der Waals surface area contributed by atoms with Crippen LogP contribution in [0.4, 0.5) is 4.39 Å². The van der Waals surface area contributed by atoms with Gasteiger partial charge < -0.3 is 0 Å². The fraction of sp³-hybridized carbons (Fsp3) is 0.333. The van der Waals surface area contributed by atoms with Gasteiger partial charge in [-0.15, -0.1) is 0 Å². The molecule has 3 rings (SSSR count). The molecular formula is C18H21FN2O2S. The van der Waals surface area contributed by atoms with Crippen LogP contribution in [0.15, 0.2) is 53.4 Å². The van der Waals surface area contributed by atoms with Crippen molar-refractivity contribution < 1.29 is 12.8 Å². The summed E-state index contributed by atoms with van der Waals surface area (Å²) < 4.78 is 40.0. The molecule has 6 heteroatoms. The fourth-order valence-electron chi connectivity index (χ4n) is 2.91. The summed E-state index contributed by atoms with van der Waals surface area (Å²) in [6.07, 6.45) is 2.49. The lowest BCUT2D eigenvalue weighted by Crippen LogP contribution is -2.23. The van der Waals surface area contributed by atoms with Gasteiger partial charge in [-0.25, -0.2) is 17.5 Å². The third-order valence-corrected chi connectivity index (χ3v) is 5.60. The molecule has 0 atom stereocenters. The van der Waals surface area contributed by atoms with E-state index in [1.54, 1.807) is 0 Å². The van der Waals surface area contributed by atoms with Crippen molar-refractivity contribution in [2.75, 3.05) is 13.1 Å². The Kier molecular flexibility index (Phi) is 5.28. The summed E-state index contributed by atoms with van der Waals surface area (Å²) in [5, 5.41) is 0. The van der Waals surface area contributed by atoms with Crippen LogP contribution in [0, 0.1) is 5.82 Å². The molecule has 0 aliphatic carbocycles. The van der Waals surface area contributed by atoms with E-state index in [1.807, 2.05) is 18.2 Å². The molecule has 0 unspecified atom stereocenters. The molecule has 1 fully saturated rings. The maximum Gasteiger partial charge on any atom is 0.240 e. The number of halogens is 1. The van der Waals surface area contributed by atoms with E-state index < -0.39 is 15.8 Å². The summed E-state index contributed by atoms with van der Waals surface area (Å²) >= 11 is 0. The quantitative estimate of drug-likeness (QED) is 0.873. The van der Waals surface area contributed by atoms with Crippen molar-refractivity contribution in [3.8, 4) is 0 Å². The van der Waals surface area contributed by atoms with Crippen LogP contribution in [-0.4, -0.2) is 26.4 Å². The van der Waals surface area contributed by atoms with Gasteiger partial charge in [-0.1, -0.05) is 24.3 Å². The molecule has 1 N–H and O–H groups in total. The minimum atomic E-state index is -3.64. The van der Waals surface area contributed by atoms with Gasteiger partial charge in [0.15, 0.2) is 0 Å². The average Bonchev–Trinajstić information content (AvgIpc) is 3.07. The second-order valence-electron chi connectivity index (χ2n) is 6.08. The van der Waals surface area contributed by atoms with Crippen LogP contribution in [0.2, 0.25) is 0 Å². The minimum absolute atomic E-state index is 0.0668. The van der Waals surface area contributed by atoms with Crippen molar-refractivity contribution in [2.45, 2.75) is 30.8 Å². The monoisotopic (exact) mass is 348 g/mol. The number of hydrogen-bond donors (Lipinski definition) is 1. The number of likely N-dealkylation sites (tertiary alicyclic amines) is 1. The molecule has 0 aromatic heterocycles. The van der Waals surface area contributed by atoms with Crippen LogP contribution in [0.5, 0.6) is 0 Å². The van der Waals surface area contributed by atoms with Crippen LogP contribution in [0.1, 0.15) is 24.0 Å². The number of benzene rings is 2. The Morgan fingerprint density at radius 1 is 1.00 bits per heavy atom. The highest BCUT2D eigenvalue weighted by molar-refractivity contribution is 7.89. The Balaban J connectivity index is 1.64. The predicted octanol–water partition coefficient (Wildman–Crippen LogP) is 2.90. The van der Waals surface area contributed by atoms with Gasteiger partial charge in [0.1, 0.15) is 5.82 Å². The Bertz CT molecular complexity index is 785. The lowest BCUT2D eigenvalue weighted by atomic mass is 10.1. The van der Waals surface area contributed by atoms with Crippen LogP contribution in [0.25, 0.3) is 0 Å². The van der Waals surface area contributed by atoms with Gasteiger partial charge in [-0.3, -0.25) is 4.90 Å². The zero-order chi connectivity index (χ0) is 17.0. The molecule has 0 radical (unpaired) electrons. The van der Waals surface area contributed by atoms with Gasteiger partial charge in [0, 0.05) is 13.1 Å². The van der Waals surface area contributed by atoms with E-state index in [4.69, 9.17) is 0 Å². The third-order valence-electron chi connectivity index (χ3n) is 4.19. The summed E-state index contributed by atoms with van der Waals surface area (Å²) in [7, 11) is -3.64. The minimum Gasteiger partial charge on any atom is -0.299 e. The molecule has 1 heterocycles. The Morgan fingerprint density at radius 3 is 2.38 bits per heavy atom. The number of sulfonamides is 1. The molecule has 4 nitrogen and oxygen atoms in total. The van der Waals surface area contributed by atoms with Gasteiger partial charge in [-0.05, 0) is 61.3 Å². The molecule has 0 spiro atoms. The van der Waals surface area contributed by atoms with Gasteiger partial charge in [0.05, 0.1) is 4.90 Å². The summed E-state index contributed by atoms with van der Waals surface area (Å²) in [6.45, 7) is 3.37. The van der Waals surface area contributed by atoms with Gasteiger partial charge >= 0.3 is 0 Å². The smallest absolute Gasteiger partial charge is 0.240 e. The first-order valence-electron chi connectivity index (χ1n) is 8.08. The molecule has 0 bridgehead atoms. The number of rotatable bonds is 6. The standard InChI is InChI=1S/C18H21FN2O2S/c19-17-6-8-18(9-7-17)24(22,23)20-13-15-4-3-5-16(12-15)14-21-10-1-2-11-21/h3-9,12,20H,1-2,10-11,13-14H2. The zero-order valence-electron chi connectivity index (χ0n) is 13.4. The van der Waals surface area contributed by atoms with E-state index >= 15 is 0 Å². The molecule has 1 aliphatic heterocycles. The first-order chi connectivity index (χ1) is 11.5. The first-order valence-corrected chi connectivity index (χ1v) is 9.57. The highest BCUT2D eigenvalue weighted by Crippen LogP contribution is 2.15. The van der Waals surface area contributed by atoms with Crippen molar-refractivity contribution >= 4 is 10.0 Å². The van der Waals surface area contributed by atoms with Gasteiger partial charge in [0.2, 0.25) is 10.0 Å². The van der Waals surface area contributed by atoms with Crippen molar-refractivity contribution in [3.63, 3.8) is 0 Å². The molecule has 128 valence electrons. The summed E-state index contributed by atoms with van der Waals surface area (Å²) in [5.41, 5.74) is 2.10. The first kappa shape index (κ1) is 17.1. The average molecular weight is 348 g/mol. The number of nitrogens with one attached hydrogen (secondary N) is 1. The van der Waals surface area contributed by atoms with Crippen molar-refractivity contribution in [3.05, 3.63) is 65.5 Å². The van der Waals surface area contributed by atoms with E-state index in [0.29, 0.717) is 0 Å². The van der Waals surface area contributed by atoms with E-state index in [2.05, 4.69) is 15.7 Å². The van der Waals surface area contributed by atoms with Crippen molar-refractivity contribution in [1.82, 2.24) is 9.62 Å². The maximum atomic E-state index is 12.9. The lowest BCUT2D eigenvalue weighted by molar-refractivity contribution is 0.331. The van der Waals surface area contributed by atoms with Crippen LogP contribution < -0.4 is 4.72 Å². The highest BCUT2D eigenvalue weighted by Gasteiger charge is 2.14.